The van der Waals surface area contributed by atoms with E-state index in [1.54, 1.807) is 6.92 Å². The number of aliphatic hydroxyl groups is 1. The smallest absolute Gasteiger partial charge is 0.125 e. The Balaban J connectivity index is 2.00. The standard InChI is InChI=1S/C15H23NO3/c1-11-4-5-14(12(2)17)15(8-11)19-10-13-9-16(3)6-7-18-13/h4-5,8,12-13,17H,6-7,9-10H2,1-3H3. The number of ether oxygens (including phenoxy) is 2. The van der Waals surface area contributed by atoms with Gasteiger partial charge in [0, 0.05) is 18.7 Å². The van der Waals surface area contributed by atoms with Crippen LogP contribution in [-0.2, 0) is 4.74 Å². The van der Waals surface area contributed by atoms with Gasteiger partial charge in [-0.2, -0.15) is 0 Å². The first-order valence-corrected chi connectivity index (χ1v) is 6.78. The second-order valence-corrected chi connectivity index (χ2v) is 5.28. The summed E-state index contributed by atoms with van der Waals surface area (Å²) in [6.07, 6.45) is -0.424. The monoisotopic (exact) mass is 265 g/mol. The number of aryl methyl sites for hydroxylation is 1. The fraction of sp³-hybridized carbons (Fsp3) is 0.600. The number of nitrogens with zero attached hydrogens (tertiary/aromatic N) is 1. The largest absolute Gasteiger partial charge is 0.490 e. The molecule has 0 radical (unpaired) electrons. The molecule has 1 fully saturated rings. The van der Waals surface area contributed by atoms with Crippen molar-refractivity contribution in [2.75, 3.05) is 33.4 Å². The molecule has 1 aromatic rings. The molecular weight excluding hydrogens is 242 g/mol. The summed E-state index contributed by atoms with van der Waals surface area (Å²) in [6.45, 7) is 6.90. The van der Waals surface area contributed by atoms with Gasteiger partial charge in [-0.15, -0.1) is 0 Å². The Bertz CT molecular complexity index is 420. The summed E-state index contributed by atoms with van der Waals surface area (Å²) < 4.78 is 11.5. The van der Waals surface area contributed by atoms with Crippen LogP contribution >= 0.6 is 0 Å². The van der Waals surface area contributed by atoms with Crippen LogP contribution < -0.4 is 4.74 Å². The van der Waals surface area contributed by atoms with Crippen LogP contribution in [0.5, 0.6) is 5.75 Å². The average molecular weight is 265 g/mol. The molecule has 1 saturated heterocycles. The van der Waals surface area contributed by atoms with Crippen LogP contribution in [0.2, 0.25) is 0 Å². The van der Waals surface area contributed by atoms with Crippen molar-refractivity contribution >= 4 is 0 Å². The molecule has 0 aliphatic carbocycles. The topological polar surface area (TPSA) is 41.9 Å². The third-order valence-electron chi connectivity index (χ3n) is 3.39. The Kier molecular flexibility index (Phi) is 4.80. The summed E-state index contributed by atoms with van der Waals surface area (Å²) >= 11 is 0. The van der Waals surface area contributed by atoms with E-state index in [9.17, 15) is 5.11 Å². The Morgan fingerprint density at radius 2 is 2.32 bits per heavy atom. The molecule has 0 amide bonds. The van der Waals surface area contributed by atoms with Crippen molar-refractivity contribution in [2.45, 2.75) is 26.1 Å². The molecule has 0 aromatic heterocycles. The molecule has 0 spiro atoms. The molecular formula is C15H23NO3. The number of hydrogen-bond donors (Lipinski definition) is 1. The van der Waals surface area contributed by atoms with E-state index in [2.05, 4.69) is 11.9 Å². The van der Waals surface area contributed by atoms with Crippen molar-refractivity contribution in [1.82, 2.24) is 4.90 Å². The highest BCUT2D eigenvalue weighted by Gasteiger charge is 2.19. The highest BCUT2D eigenvalue weighted by atomic mass is 16.5. The van der Waals surface area contributed by atoms with Crippen molar-refractivity contribution in [1.29, 1.82) is 0 Å². The number of morpholine rings is 1. The van der Waals surface area contributed by atoms with Gasteiger partial charge in [0.1, 0.15) is 18.5 Å². The van der Waals surface area contributed by atoms with Gasteiger partial charge in [-0.05, 0) is 32.5 Å². The first-order chi connectivity index (χ1) is 9.06. The fourth-order valence-corrected chi connectivity index (χ4v) is 2.26. The lowest BCUT2D eigenvalue weighted by molar-refractivity contribution is -0.0407. The van der Waals surface area contributed by atoms with Crippen molar-refractivity contribution in [3.63, 3.8) is 0 Å². The van der Waals surface area contributed by atoms with Gasteiger partial charge in [-0.1, -0.05) is 12.1 Å². The molecule has 2 rings (SSSR count). The summed E-state index contributed by atoms with van der Waals surface area (Å²) in [6, 6.07) is 5.87. The molecule has 1 aliphatic heterocycles. The van der Waals surface area contributed by atoms with Gasteiger partial charge in [0.05, 0.1) is 12.7 Å². The minimum Gasteiger partial charge on any atom is -0.490 e. The van der Waals surface area contributed by atoms with E-state index in [1.807, 2.05) is 25.1 Å². The number of benzene rings is 1. The molecule has 106 valence electrons. The molecule has 0 saturated carbocycles. The van der Waals surface area contributed by atoms with E-state index in [4.69, 9.17) is 9.47 Å². The number of aliphatic hydroxyl groups excluding tert-OH is 1. The minimum atomic E-state index is -0.523. The molecule has 4 heteroatoms. The number of hydrogen-bond acceptors (Lipinski definition) is 4. The third-order valence-corrected chi connectivity index (χ3v) is 3.39. The zero-order valence-electron chi connectivity index (χ0n) is 11.9. The van der Waals surface area contributed by atoms with Crippen LogP contribution in [0.15, 0.2) is 18.2 Å². The van der Waals surface area contributed by atoms with Gasteiger partial charge in [0.2, 0.25) is 0 Å². The van der Waals surface area contributed by atoms with Gasteiger partial charge >= 0.3 is 0 Å². The quantitative estimate of drug-likeness (QED) is 0.900. The van der Waals surface area contributed by atoms with E-state index in [0.29, 0.717) is 6.61 Å². The molecule has 2 atom stereocenters. The molecule has 19 heavy (non-hydrogen) atoms. The van der Waals surface area contributed by atoms with Crippen LogP contribution in [0, 0.1) is 6.92 Å². The van der Waals surface area contributed by atoms with Gasteiger partial charge < -0.3 is 19.5 Å². The lowest BCUT2D eigenvalue weighted by Crippen LogP contribution is -2.42. The van der Waals surface area contributed by atoms with Crippen LogP contribution in [0.25, 0.3) is 0 Å². The summed E-state index contributed by atoms with van der Waals surface area (Å²) in [5, 5.41) is 9.75. The highest BCUT2D eigenvalue weighted by Crippen LogP contribution is 2.26. The second kappa shape index (κ2) is 6.37. The SMILES string of the molecule is Cc1ccc(C(C)O)c(OCC2CN(C)CCO2)c1. The molecule has 4 nitrogen and oxygen atoms in total. The molecule has 1 N–H and O–H groups in total. The van der Waals surface area contributed by atoms with Crippen LogP contribution in [0.1, 0.15) is 24.2 Å². The van der Waals surface area contributed by atoms with Gasteiger partial charge in [-0.3, -0.25) is 0 Å². The van der Waals surface area contributed by atoms with E-state index < -0.39 is 6.10 Å². The summed E-state index contributed by atoms with van der Waals surface area (Å²) in [5.74, 6) is 0.756. The predicted octanol–water partition coefficient (Wildman–Crippen LogP) is 1.76. The summed E-state index contributed by atoms with van der Waals surface area (Å²) in [7, 11) is 2.09. The minimum absolute atomic E-state index is 0.0983. The third kappa shape index (κ3) is 3.93. The van der Waals surface area contributed by atoms with E-state index in [1.165, 1.54) is 0 Å². The van der Waals surface area contributed by atoms with Crippen LogP contribution in [0.4, 0.5) is 0 Å². The van der Waals surface area contributed by atoms with Gasteiger partial charge in [0.15, 0.2) is 0 Å². The number of rotatable bonds is 4. The lowest BCUT2D eigenvalue weighted by atomic mass is 10.1. The average Bonchev–Trinajstić information content (AvgIpc) is 2.36. The Hall–Kier alpha value is -1.10. The second-order valence-electron chi connectivity index (χ2n) is 5.28. The van der Waals surface area contributed by atoms with Crippen molar-refractivity contribution in [3.05, 3.63) is 29.3 Å². The van der Waals surface area contributed by atoms with Crippen molar-refractivity contribution in [3.8, 4) is 5.75 Å². The maximum Gasteiger partial charge on any atom is 0.125 e. The Morgan fingerprint density at radius 1 is 1.53 bits per heavy atom. The molecule has 2 unspecified atom stereocenters. The van der Waals surface area contributed by atoms with Crippen LogP contribution in [0.3, 0.4) is 0 Å². The summed E-state index contributed by atoms with van der Waals surface area (Å²) in [4.78, 5) is 2.24. The van der Waals surface area contributed by atoms with Crippen molar-refractivity contribution in [2.24, 2.45) is 0 Å². The van der Waals surface area contributed by atoms with Crippen LogP contribution in [-0.4, -0.2) is 49.5 Å². The highest BCUT2D eigenvalue weighted by molar-refractivity contribution is 5.38. The number of likely N-dealkylation sites (N-methyl/N-ethyl adjacent to an activating group) is 1. The Labute approximate surface area is 114 Å². The maximum absolute atomic E-state index is 9.75. The van der Waals surface area contributed by atoms with E-state index in [-0.39, 0.29) is 6.10 Å². The van der Waals surface area contributed by atoms with E-state index in [0.717, 1.165) is 36.6 Å². The normalized spacial score (nSPS) is 22.2. The first kappa shape index (κ1) is 14.3. The lowest BCUT2D eigenvalue weighted by Gasteiger charge is -2.30. The molecule has 0 bridgehead atoms. The van der Waals surface area contributed by atoms with Crippen molar-refractivity contribution < 1.29 is 14.6 Å². The Morgan fingerprint density at radius 3 is 3.00 bits per heavy atom. The fourth-order valence-electron chi connectivity index (χ4n) is 2.26. The van der Waals surface area contributed by atoms with Gasteiger partial charge in [0.25, 0.3) is 0 Å². The maximum atomic E-state index is 9.75. The molecule has 1 heterocycles. The predicted molar refractivity (Wildman–Crippen MR) is 74.5 cm³/mol. The zero-order chi connectivity index (χ0) is 13.8. The first-order valence-electron chi connectivity index (χ1n) is 6.78. The zero-order valence-corrected chi connectivity index (χ0v) is 11.9. The van der Waals surface area contributed by atoms with Gasteiger partial charge in [-0.25, -0.2) is 0 Å². The molecule has 1 aliphatic rings. The molecule has 1 aromatic carbocycles. The van der Waals surface area contributed by atoms with E-state index >= 15 is 0 Å². The summed E-state index contributed by atoms with van der Waals surface area (Å²) in [5.41, 5.74) is 1.95.